The number of rotatable bonds is 1. The normalized spacial score (nSPS) is 20.0. The van der Waals surface area contributed by atoms with Crippen LogP contribution < -0.4 is 9.64 Å². The average molecular weight is 313 g/mol. The lowest BCUT2D eigenvalue weighted by Crippen LogP contribution is -2.37. The first-order valence-electron chi connectivity index (χ1n) is 7.87. The number of benzene rings is 1. The summed E-state index contributed by atoms with van der Waals surface area (Å²) in [6, 6.07) is 9.90. The molecule has 0 spiro atoms. The third kappa shape index (κ3) is 2.31. The van der Waals surface area contributed by atoms with Crippen molar-refractivity contribution in [3.63, 3.8) is 0 Å². The summed E-state index contributed by atoms with van der Waals surface area (Å²) in [5, 5.41) is 0. The molecule has 1 atom stereocenters. The summed E-state index contributed by atoms with van der Waals surface area (Å²) >= 11 is 1.68. The molecule has 1 aliphatic carbocycles. The van der Waals surface area contributed by atoms with E-state index in [1.165, 1.54) is 16.9 Å². The van der Waals surface area contributed by atoms with Crippen LogP contribution in [0.2, 0.25) is 0 Å². The minimum absolute atomic E-state index is 0.114. The van der Waals surface area contributed by atoms with Crippen LogP contribution in [0.5, 0.6) is 5.75 Å². The van der Waals surface area contributed by atoms with Crippen LogP contribution >= 0.6 is 11.3 Å². The van der Waals surface area contributed by atoms with Crippen molar-refractivity contribution in [3.8, 4) is 5.75 Å². The molecule has 0 saturated heterocycles. The molecule has 0 radical (unpaired) electrons. The quantitative estimate of drug-likeness (QED) is 0.799. The summed E-state index contributed by atoms with van der Waals surface area (Å²) in [5.74, 6) is 1.65. The second-order valence-electron chi connectivity index (χ2n) is 6.18. The Morgan fingerprint density at radius 1 is 1.36 bits per heavy atom. The molecule has 4 rings (SSSR count). The number of para-hydroxylation sites is 2. The summed E-state index contributed by atoms with van der Waals surface area (Å²) in [6.45, 7) is 3.47. The first kappa shape index (κ1) is 13.8. The molecule has 1 aromatic carbocycles. The van der Waals surface area contributed by atoms with Gasteiger partial charge in [-0.25, -0.2) is 0 Å². The lowest BCUT2D eigenvalue weighted by Gasteiger charge is -2.29. The molecule has 1 aromatic heterocycles. The van der Waals surface area contributed by atoms with Gasteiger partial charge in [0.2, 0.25) is 0 Å². The fraction of sp³-hybridized carbons (Fsp3) is 0.389. The smallest absolute Gasteiger partial charge is 0.268 e. The molecular formula is C18H19NO2S. The summed E-state index contributed by atoms with van der Waals surface area (Å²) in [4.78, 5) is 17.1. The highest BCUT2D eigenvalue weighted by Gasteiger charge is 2.27. The van der Waals surface area contributed by atoms with Crippen molar-refractivity contribution in [2.75, 3.05) is 18.1 Å². The highest BCUT2D eigenvalue weighted by atomic mass is 32.1. The first-order chi connectivity index (χ1) is 10.7. The molecule has 114 valence electrons. The van der Waals surface area contributed by atoms with E-state index in [-0.39, 0.29) is 5.91 Å². The van der Waals surface area contributed by atoms with Crippen molar-refractivity contribution in [1.82, 2.24) is 0 Å². The van der Waals surface area contributed by atoms with Gasteiger partial charge in [0.25, 0.3) is 5.91 Å². The average Bonchev–Trinajstić information content (AvgIpc) is 2.96. The van der Waals surface area contributed by atoms with E-state index in [4.69, 9.17) is 4.74 Å². The van der Waals surface area contributed by atoms with E-state index in [1.807, 2.05) is 29.2 Å². The van der Waals surface area contributed by atoms with Crippen molar-refractivity contribution in [2.45, 2.75) is 26.2 Å². The number of carbonyl (C=O) groups is 1. The van der Waals surface area contributed by atoms with E-state index in [0.29, 0.717) is 13.2 Å². The Bertz CT molecular complexity index is 722. The van der Waals surface area contributed by atoms with Gasteiger partial charge in [0, 0.05) is 4.88 Å². The van der Waals surface area contributed by atoms with Gasteiger partial charge in [-0.2, -0.15) is 0 Å². The monoisotopic (exact) mass is 313 g/mol. The Kier molecular flexibility index (Phi) is 3.41. The molecule has 2 aliphatic rings. The lowest BCUT2D eigenvalue weighted by atomic mass is 9.90. The number of amides is 1. The van der Waals surface area contributed by atoms with Crippen LogP contribution in [0, 0.1) is 5.92 Å². The summed E-state index contributed by atoms with van der Waals surface area (Å²) in [5.41, 5.74) is 2.27. The van der Waals surface area contributed by atoms with Crippen LogP contribution in [-0.4, -0.2) is 19.1 Å². The van der Waals surface area contributed by atoms with Crippen LogP contribution in [0.4, 0.5) is 5.69 Å². The topological polar surface area (TPSA) is 29.5 Å². The maximum Gasteiger partial charge on any atom is 0.268 e. The molecule has 2 aromatic rings. The van der Waals surface area contributed by atoms with E-state index in [2.05, 4.69) is 13.0 Å². The molecule has 22 heavy (non-hydrogen) atoms. The molecule has 2 heterocycles. The second kappa shape index (κ2) is 5.43. The number of fused-ring (bicyclic) bond motifs is 2. The van der Waals surface area contributed by atoms with Gasteiger partial charge in [-0.1, -0.05) is 19.1 Å². The zero-order valence-corrected chi connectivity index (χ0v) is 13.5. The van der Waals surface area contributed by atoms with E-state index >= 15 is 0 Å². The number of carbonyl (C=O) groups excluding carboxylic acids is 1. The Hall–Kier alpha value is -1.81. The van der Waals surface area contributed by atoms with Gasteiger partial charge in [0.15, 0.2) is 0 Å². The Morgan fingerprint density at radius 2 is 2.23 bits per heavy atom. The largest absolute Gasteiger partial charge is 0.490 e. The maximum absolute atomic E-state index is 12.9. The Balaban J connectivity index is 1.66. The van der Waals surface area contributed by atoms with E-state index in [0.717, 1.165) is 35.1 Å². The van der Waals surface area contributed by atoms with Gasteiger partial charge in [0.05, 0.1) is 17.1 Å². The number of nitrogens with zero attached hydrogens (tertiary/aromatic N) is 1. The van der Waals surface area contributed by atoms with Gasteiger partial charge in [-0.3, -0.25) is 4.79 Å². The SMILES string of the molecule is C[C@H]1CCc2sc(C(=O)N3CCOc4ccccc43)cc2C1. The van der Waals surface area contributed by atoms with Gasteiger partial charge in [0.1, 0.15) is 12.4 Å². The molecule has 0 unspecified atom stereocenters. The summed E-state index contributed by atoms with van der Waals surface area (Å²) in [6.07, 6.45) is 3.47. The molecular weight excluding hydrogens is 294 g/mol. The minimum atomic E-state index is 0.114. The first-order valence-corrected chi connectivity index (χ1v) is 8.69. The number of anilines is 1. The molecule has 0 N–H and O–H groups in total. The molecule has 0 bridgehead atoms. The third-order valence-corrected chi connectivity index (χ3v) is 5.74. The van der Waals surface area contributed by atoms with Crippen LogP contribution in [0.3, 0.4) is 0 Å². The molecule has 3 nitrogen and oxygen atoms in total. The number of ether oxygens (including phenoxy) is 1. The van der Waals surface area contributed by atoms with Gasteiger partial charge >= 0.3 is 0 Å². The standard InChI is InChI=1S/C18H19NO2S/c1-12-6-7-16-13(10-12)11-17(22-16)18(20)19-8-9-21-15-5-3-2-4-14(15)19/h2-5,11-12H,6-10H2,1H3/t12-/m0/s1. The van der Waals surface area contributed by atoms with Crippen molar-refractivity contribution in [2.24, 2.45) is 5.92 Å². The van der Waals surface area contributed by atoms with Gasteiger partial charge in [-0.05, 0) is 48.9 Å². The van der Waals surface area contributed by atoms with E-state index in [9.17, 15) is 4.79 Å². The Labute approximate surface area is 134 Å². The highest BCUT2D eigenvalue weighted by Crippen LogP contribution is 2.36. The highest BCUT2D eigenvalue weighted by molar-refractivity contribution is 7.14. The maximum atomic E-state index is 12.9. The molecule has 4 heteroatoms. The van der Waals surface area contributed by atoms with Crippen LogP contribution in [-0.2, 0) is 12.8 Å². The third-order valence-electron chi connectivity index (χ3n) is 4.51. The van der Waals surface area contributed by atoms with Crippen molar-refractivity contribution >= 4 is 22.9 Å². The van der Waals surface area contributed by atoms with Crippen molar-refractivity contribution < 1.29 is 9.53 Å². The van der Waals surface area contributed by atoms with Gasteiger partial charge < -0.3 is 9.64 Å². The zero-order valence-electron chi connectivity index (χ0n) is 12.7. The number of thiophene rings is 1. The van der Waals surface area contributed by atoms with Crippen LogP contribution in [0.25, 0.3) is 0 Å². The summed E-state index contributed by atoms with van der Waals surface area (Å²) in [7, 11) is 0. The predicted octanol–water partition coefficient (Wildman–Crippen LogP) is 3.91. The van der Waals surface area contributed by atoms with Crippen molar-refractivity contribution in [1.29, 1.82) is 0 Å². The number of hydrogen-bond acceptors (Lipinski definition) is 3. The summed E-state index contributed by atoms with van der Waals surface area (Å²) < 4.78 is 5.64. The van der Waals surface area contributed by atoms with Crippen LogP contribution in [0.1, 0.15) is 33.5 Å². The lowest BCUT2D eigenvalue weighted by molar-refractivity contribution is 0.0980. The number of aryl methyl sites for hydroxylation is 1. The fourth-order valence-corrected chi connectivity index (χ4v) is 4.48. The van der Waals surface area contributed by atoms with E-state index in [1.54, 1.807) is 11.3 Å². The molecule has 0 fully saturated rings. The minimum Gasteiger partial charge on any atom is -0.490 e. The second-order valence-corrected chi connectivity index (χ2v) is 7.32. The predicted molar refractivity (Wildman–Crippen MR) is 89.1 cm³/mol. The van der Waals surface area contributed by atoms with E-state index < -0.39 is 0 Å². The molecule has 1 amide bonds. The molecule has 1 aliphatic heterocycles. The van der Waals surface area contributed by atoms with Crippen molar-refractivity contribution in [3.05, 3.63) is 45.6 Å². The Morgan fingerprint density at radius 3 is 3.14 bits per heavy atom. The van der Waals surface area contributed by atoms with Crippen LogP contribution in [0.15, 0.2) is 30.3 Å². The molecule has 0 saturated carbocycles. The number of hydrogen-bond donors (Lipinski definition) is 0. The zero-order chi connectivity index (χ0) is 15.1. The fourth-order valence-electron chi connectivity index (χ4n) is 3.32. The van der Waals surface area contributed by atoms with Gasteiger partial charge in [-0.15, -0.1) is 11.3 Å².